The van der Waals surface area contributed by atoms with E-state index in [2.05, 4.69) is 21.9 Å². The molecule has 1 heterocycles. The van der Waals surface area contributed by atoms with Crippen molar-refractivity contribution in [3.05, 3.63) is 66.2 Å². The van der Waals surface area contributed by atoms with Crippen LogP contribution in [0.25, 0.3) is 21.8 Å². The van der Waals surface area contributed by atoms with E-state index in [0.717, 1.165) is 35.7 Å². The Morgan fingerprint density at radius 2 is 1.78 bits per heavy atom. The van der Waals surface area contributed by atoms with Gasteiger partial charge in [0.15, 0.2) is 0 Å². The number of rotatable bonds is 11. The van der Waals surface area contributed by atoms with E-state index < -0.39 is 15.9 Å². The Morgan fingerprint density at radius 1 is 1.00 bits per heavy atom. The Labute approximate surface area is 210 Å². The fraction of sp³-hybridized carbons (Fsp3) is 0.259. The average molecular weight is 507 g/mol. The Kier molecular flexibility index (Phi) is 7.59. The molecule has 0 bridgehead atoms. The van der Waals surface area contributed by atoms with E-state index in [4.69, 9.17) is 10.5 Å². The van der Waals surface area contributed by atoms with E-state index in [1.54, 1.807) is 30.3 Å². The predicted molar refractivity (Wildman–Crippen MR) is 146 cm³/mol. The molecule has 0 fully saturated rings. The summed E-state index contributed by atoms with van der Waals surface area (Å²) in [5.74, 6) is -0.0218. The summed E-state index contributed by atoms with van der Waals surface area (Å²) in [4.78, 5) is 16.7. The molecule has 4 N–H and O–H groups in total. The summed E-state index contributed by atoms with van der Waals surface area (Å²) >= 11 is 0. The summed E-state index contributed by atoms with van der Waals surface area (Å²) in [6, 6.07) is 18.0. The van der Waals surface area contributed by atoms with E-state index in [9.17, 15) is 13.2 Å². The molecule has 4 rings (SSSR count). The molecule has 0 saturated carbocycles. The van der Waals surface area contributed by atoms with Crippen molar-refractivity contribution in [3.63, 3.8) is 0 Å². The number of carbonyl (C=O) groups is 1. The predicted octanol–water partition coefficient (Wildman–Crippen LogP) is 5.56. The topological polar surface area (TPSA) is 123 Å². The number of benzene rings is 3. The number of primary amides is 1. The smallest absolute Gasteiger partial charge is 0.250 e. The molecular formula is C27H30N4O4S. The molecule has 3 aromatic carbocycles. The maximum Gasteiger partial charge on any atom is 0.250 e. The van der Waals surface area contributed by atoms with Crippen molar-refractivity contribution < 1.29 is 17.9 Å². The van der Waals surface area contributed by atoms with Crippen LogP contribution in [0, 0.1) is 0 Å². The molecule has 4 aromatic rings. The molecular weight excluding hydrogens is 476 g/mol. The molecule has 1 amide bonds. The lowest BCUT2D eigenvalue weighted by Gasteiger charge is -2.17. The fourth-order valence-electron chi connectivity index (χ4n) is 4.19. The maximum absolute atomic E-state index is 12.5. The van der Waals surface area contributed by atoms with Crippen molar-refractivity contribution in [1.29, 1.82) is 0 Å². The highest BCUT2D eigenvalue weighted by atomic mass is 32.2. The van der Waals surface area contributed by atoms with Crippen LogP contribution in [0.2, 0.25) is 0 Å². The molecule has 0 aliphatic rings. The number of methoxy groups -OCH3 is 1. The van der Waals surface area contributed by atoms with Crippen LogP contribution in [0.3, 0.4) is 0 Å². The zero-order chi connectivity index (χ0) is 25.7. The molecule has 9 heteroatoms. The Bertz CT molecular complexity index is 1520. The average Bonchev–Trinajstić information content (AvgIpc) is 2.86. The third kappa shape index (κ3) is 5.52. The van der Waals surface area contributed by atoms with Crippen LogP contribution in [0.5, 0.6) is 5.75 Å². The van der Waals surface area contributed by atoms with E-state index in [1.165, 1.54) is 7.11 Å². The summed E-state index contributed by atoms with van der Waals surface area (Å²) in [6.07, 6.45) is 3.57. The number of aromatic nitrogens is 1. The minimum atomic E-state index is -3.46. The number of amides is 1. The zero-order valence-corrected chi connectivity index (χ0v) is 21.2. The van der Waals surface area contributed by atoms with Gasteiger partial charge in [-0.15, -0.1) is 0 Å². The first-order valence-electron chi connectivity index (χ1n) is 11.9. The van der Waals surface area contributed by atoms with Gasteiger partial charge in [-0.3, -0.25) is 9.52 Å². The molecule has 0 aliphatic heterocycles. The van der Waals surface area contributed by atoms with Gasteiger partial charge in [0.1, 0.15) is 5.75 Å². The van der Waals surface area contributed by atoms with Crippen molar-refractivity contribution in [2.24, 2.45) is 5.73 Å². The Hall–Kier alpha value is -3.85. The highest BCUT2D eigenvalue weighted by molar-refractivity contribution is 7.92. The first kappa shape index (κ1) is 25.2. The van der Waals surface area contributed by atoms with Crippen LogP contribution in [-0.2, 0) is 10.0 Å². The third-order valence-corrected chi connectivity index (χ3v) is 7.35. The zero-order valence-electron chi connectivity index (χ0n) is 20.4. The van der Waals surface area contributed by atoms with Crippen LogP contribution < -0.4 is 20.5 Å². The van der Waals surface area contributed by atoms with Crippen LogP contribution in [0.15, 0.2) is 60.7 Å². The molecule has 0 unspecified atom stereocenters. The molecule has 0 aliphatic carbocycles. The molecule has 0 saturated heterocycles. The lowest BCUT2D eigenvalue weighted by atomic mass is 10.0. The first-order chi connectivity index (χ1) is 17.3. The minimum Gasteiger partial charge on any atom is -0.494 e. The van der Waals surface area contributed by atoms with Crippen LogP contribution in [0.1, 0.15) is 43.0 Å². The van der Waals surface area contributed by atoms with Gasteiger partial charge in [-0.25, -0.2) is 13.4 Å². The van der Waals surface area contributed by atoms with Gasteiger partial charge in [-0.2, -0.15) is 0 Å². The molecule has 188 valence electrons. The minimum absolute atomic E-state index is 0.0759. The number of hydrogen-bond donors (Lipinski definition) is 3. The van der Waals surface area contributed by atoms with Crippen molar-refractivity contribution in [2.75, 3.05) is 22.9 Å². The molecule has 8 nitrogen and oxygen atoms in total. The van der Waals surface area contributed by atoms with Crippen molar-refractivity contribution >= 4 is 54.8 Å². The van der Waals surface area contributed by atoms with Gasteiger partial charge >= 0.3 is 0 Å². The van der Waals surface area contributed by atoms with Crippen LogP contribution in [-0.4, -0.2) is 32.2 Å². The Morgan fingerprint density at radius 3 is 2.53 bits per heavy atom. The number of unbranched alkanes of at least 4 members (excludes halogenated alkanes) is 3. The number of nitrogens with two attached hydrogens (primary N) is 1. The number of hydrogen-bond acceptors (Lipinski definition) is 6. The Balaban J connectivity index is 1.71. The summed E-state index contributed by atoms with van der Waals surface area (Å²) in [5.41, 5.74) is 8.93. The summed E-state index contributed by atoms with van der Waals surface area (Å²) in [6.45, 7) is 2.09. The van der Waals surface area contributed by atoms with E-state index in [-0.39, 0.29) is 5.75 Å². The molecule has 1 aromatic heterocycles. The highest BCUT2D eigenvalue weighted by Crippen LogP contribution is 2.38. The van der Waals surface area contributed by atoms with Gasteiger partial charge in [0.25, 0.3) is 5.91 Å². The maximum atomic E-state index is 12.5. The number of nitrogens with zero attached hydrogens (tertiary/aromatic N) is 1. The van der Waals surface area contributed by atoms with Gasteiger partial charge in [0.05, 0.1) is 46.5 Å². The molecule has 0 radical (unpaired) electrons. The SMILES string of the molecule is CCCCCCS(=O)(=O)Nc1ccc(Nc2c3ccccc3nc3c(C(N)=O)cccc23)c(OC)c1. The van der Waals surface area contributed by atoms with E-state index >= 15 is 0 Å². The molecule has 36 heavy (non-hydrogen) atoms. The highest BCUT2D eigenvalue weighted by Gasteiger charge is 2.17. The van der Waals surface area contributed by atoms with Crippen molar-refractivity contribution in [3.8, 4) is 5.75 Å². The van der Waals surface area contributed by atoms with Gasteiger partial charge in [-0.05, 0) is 30.7 Å². The second-order valence-electron chi connectivity index (χ2n) is 8.59. The number of pyridine rings is 1. The summed E-state index contributed by atoms with van der Waals surface area (Å²) < 4.78 is 33.2. The van der Waals surface area contributed by atoms with Gasteiger partial charge in [0.2, 0.25) is 10.0 Å². The van der Waals surface area contributed by atoms with Gasteiger partial charge in [-0.1, -0.05) is 56.5 Å². The second-order valence-corrected chi connectivity index (χ2v) is 10.4. The number of para-hydroxylation sites is 2. The van der Waals surface area contributed by atoms with E-state index in [0.29, 0.717) is 40.1 Å². The third-order valence-electron chi connectivity index (χ3n) is 5.98. The van der Waals surface area contributed by atoms with Crippen LogP contribution >= 0.6 is 0 Å². The monoisotopic (exact) mass is 506 g/mol. The quantitative estimate of drug-likeness (QED) is 0.181. The number of sulfonamides is 1. The largest absolute Gasteiger partial charge is 0.494 e. The number of carbonyl (C=O) groups excluding carboxylic acids is 1. The standard InChI is InChI=1S/C27H30N4O4S/c1-3-4-5-8-16-36(33,34)31-18-14-15-23(24(17-18)35-2)30-25-19-10-6-7-13-22(19)29-26-20(25)11-9-12-21(26)27(28)32/h6-7,9-15,17,31H,3-5,8,16H2,1-2H3,(H2,28,32)(H,29,30). The lowest BCUT2D eigenvalue weighted by molar-refractivity contribution is 0.100. The van der Waals surface area contributed by atoms with Crippen molar-refractivity contribution in [2.45, 2.75) is 32.6 Å². The van der Waals surface area contributed by atoms with Gasteiger partial charge < -0.3 is 15.8 Å². The fourth-order valence-corrected chi connectivity index (χ4v) is 5.36. The first-order valence-corrected chi connectivity index (χ1v) is 13.5. The number of ether oxygens (including phenoxy) is 1. The lowest BCUT2D eigenvalue weighted by Crippen LogP contribution is -2.16. The second kappa shape index (κ2) is 10.8. The number of anilines is 3. The summed E-state index contributed by atoms with van der Waals surface area (Å²) in [7, 11) is -1.94. The van der Waals surface area contributed by atoms with Crippen molar-refractivity contribution in [1.82, 2.24) is 4.98 Å². The van der Waals surface area contributed by atoms with E-state index in [1.807, 2.05) is 30.3 Å². The normalized spacial score (nSPS) is 11.5. The van der Waals surface area contributed by atoms with Gasteiger partial charge in [0, 0.05) is 16.8 Å². The summed E-state index contributed by atoms with van der Waals surface area (Å²) in [5, 5.41) is 5.00. The number of fused-ring (bicyclic) bond motifs is 2. The molecule has 0 spiro atoms. The van der Waals surface area contributed by atoms with Crippen LogP contribution in [0.4, 0.5) is 17.1 Å². The molecule has 0 atom stereocenters. The number of nitrogens with one attached hydrogen (secondary N) is 2.